The van der Waals surface area contributed by atoms with Gasteiger partial charge in [0.1, 0.15) is 0 Å². The molecule has 1 amide bonds. The quantitative estimate of drug-likeness (QED) is 0.825. The van der Waals surface area contributed by atoms with Gasteiger partial charge in [0.25, 0.3) is 0 Å². The van der Waals surface area contributed by atoms with Gasteiger partial charge in [-0.3, -0.25) is 4.79 Å². The number of anilines is 1. The van der Waals surface area contributed by atoms with E-state index in [1.165, 1.54) is 6.42 Å². The van der Waals surface area contributed by atoms with Gasteiger partial charge in [-0.15, -0.1) is 0 Å². The first-order valence-corrected chi connectivity index (χ1v) is 8.01. The molecule has 0 bridgehead atoms. The predicted molar refractivity (Wildman–Crippen MR) is 83.5 cm³/mol. The minimum atomic E-state index is -1.59. The topological polar surface area (TPSA) is 41.1 Å². The number of hydrogen-bond acceptors (Lipinski definition) is 2. The minimum Gasteiger partial charge on any atom is -0.322 e. The average molecular weight is 328 g/mol. The molecule has 0 saturated heterocycles. The summed E-state index contributed by atoms with van der Waals surface area (Å²) < 4.78 is 39.7. The van der Waals surface area contributed by atoms with Crippen LogP contribution in [0.2, 0.25) is 0 Å². The molecule has 0 aromatic heterocycles. The number of nitrogens with one attached hydrogen (secondary N) is 2. The molecule has 1 aliphatic rings. The molecule has 0 spiro atoms. The molecule has 1 saturated carbocycles. The van der Waals surface area contributed by atoms with Gasteiger partial charge in [0.15, 0.2) is 17.5 Å². The fourth-order valence-corrected chi connectivity index (χ4v) is 3.08. The van der Waals surface area contributed by atoms with E-state index in [0.29, 0.717) is 11.8 Å². The number of carbonyl (C=O) groups excluding carboxylic acids is 1. The van der Waals surface area contributed by atoms with Crippen molar-refractivity contribution in [2.45, 2.75) is 52.1 Å². The molecular weight excluding hydrogens is 305 g/mol. The maximum absolute atomic E-state index is 13.6. The highest BCUT2D eigenvalue weighted by molar-refractivity contribution is 5.94. The van der Waals surface area contributed by atoms with Gasteiger partial charge in [-0.05, 0) is 37.3 Å². The van der Waals surface area contributed by atoms with Gasteiger partial charge in [-0.2, -0.15) is 0 Å². The van der Waals surface area contributed by atoms with E-state index >= 15 is 0 Å². The van der Waals surface area contributed by atoms with Crippen LogP contribution in [0.1, 0.15) is 40.0 Å². The largest absolute Gasteiger partial charge is 0.322 e. The van der Waals surface area contributed by atoms with Crippen LogP contribution in [-0.4, -0.2) is 18.0 Å². The van der Waals surface area contributed by atoms with Crippen molar-refractivity contribution < 1.29 is 18.0 Å². The highest BCUT2D eigenvalue weighted by atomic mass is 19.2. The SMILES string of the molecule is C[C@@H]1[C@@H](C)CCC[C@H]1N[C@@H](C)C(=O)Nc1ccc(F)c(F)c1F. The zero-order chi connectivity index (χ0) is 17.1. The van der Waals surface area contributed by atoms with Gasteiger partial charge in [0.05, 0.1) is 11.7 Å². The van der Waals surface area contributed by atoms with Gasteiger partial charge < -0.3 is 10.6 Å². The molecule has 1 aromatic rings. The van der Waals surface area contributed by atoms with Crippen LogP contribution in [0.4, 0.5) is 18.9 Å². The van der Waals surface area contributed by atoms with E-state index in [-0.39, 0.29) is 11.7 Å². The first kappa shape index (κ1) is 17.8. The molecule has 3 nitrogen and oxygen atoms in total. The first-order valence-electron chi connectivity index (χ1n) is 8.01. The summed E-state index contributed by atoms with van der Waals surface area (Å²) in [6, 6.07) is 1.47. The van der Waals surface area contributed by atoms with E-state index in [1.54, 1.807) is 6.92 Å². The van der Waals surface area contributed by atoms with Crippen molar-refractivity contribution in [3.05, 3.63) is 29.6 Å². The van der Waals surface area contributed by atoms with Gasteiger partial charge in [-0.1, -0.05) is 26.7 Å². The summed E-state index contributed by atoms with van der Waals surface area (Å²) in [5.41, 5.74) is -0.354. The third-order valence-electron chi connectivity index (χ3n) is 4.86. The van der Waals surface area contributed by atoms with E-state index in [1.807, 2.05) is 0 Å². The maximum Gasteiger partial charge on any atom is 0.241 e. The summed E-state index contributed by atoms with van der Waals surface area (Å²) in [6.45, 7) is 6.03. The van der Waals surface area contributed by atoms with Gasteiger partial charge in [0.2, 0.25) is 5.91 Å². The highest BCUT2D eigenvalue weighted by Crippen LogP contribution is 2.29. The molecule has 0 unspecified atom stereocenters. The minimum absolute atomic E-state index is 0.217. The molecule has 1 aliphatic carbocycles. The highest BCUT2D eigenvalue weighted by Gasteiger charge is 2.29. The van der Waals surface area contributed by atoms with E-state index in [2.05, 4.69) is 24.5 Å². The molecule has 6 heteroatoms. The molecule has 2 rings (SSSR count). The molecule has 0 heterocycles. The summed E-state index contributed by atoms with van der Waals surface area (Å²) in [5, 5.41) is 5.57. The maximum atomic E-state index is 13.6. The Balaban J connectivity index is 1.99. The molecule has 4 atom stereocenters. The summed E-state index contributed by atoms with van der Waals surface area (Å²) in [7, 11) is 0. The molecule has 128 valence electrons. The Hall–Kier alpha value is -1.56. The lowest BCUT2D eigenvalue weighted by molar-refractivity contribution is -0.118. The average Bonchev–Trinajstić information content (AvgIpc) is 2.52. The van der Waals surface area contributed by atoms with Crippen molar-refractivity contribution in [1.29, 1.82) is 0 Å². The Bertz CT molecular complexity index is 579. The zero-order valence-corrected chi connectivity index (χ0v) is 13.6. The van der Waals surface area contributed by atoms with Crippen LogP contribution in [0.5, 0.6) is 0 Å². The Morgan fingerprint density at radius 2 is 1.87 bits per heavy atom. The second kappa shape index (κ2) is 7.34. The molecule has 1 aromatic carbocycles. The molecule has 2 N–H and O–H groups in total. The number of amides is 1. The van der Waals surface area contributed by atoms with Crippen LogP contribution in [0, 0.1) is 29.3 Å². The lowest BCUT2D eigenvalue weighted by atomic mass is 9.78. The Kier molecular flexibility index (Phi) is 5.68. The Labute approximate surface area is 134 Å². The number of carbonyl (C=O) groups is 1. The normalized spacial score (nSPS) is 25.9. The molecule has 1 fully saturated rings. The van der Waals surface area contributed by atoms with Crippen LogP contribution in [0.15, 0.2) is 12.1 Å². The summed E-state index contributed by atoms with van der Waals surface area (Å²) in [6.07, 6.45) is 3.28. The Morgan fingerprint density at radius 3 is 2.57 bits per heavy atom. The second-order valence-corrected chi connectivity index (χ2v) is 6.47. The number of rotatable bonds is 4. The zero-order valence-electron chi connectivity index (χ0n) is 13.6. The molecular formula is C17H23F3N2O. The van der Waals surface area contributed by atoms with Crippen molar-refractivity contribution in [1.82, 2.24) is 5.32 Å². The summed E-state index contributed by atoms with van der Waals surface area (Å²) >= 11 is 0. The van der Waals surface area contributed by atoms with Crippen molar-refractivity contribution in [3.8, 4) is 0 Å². The van der Waals surface area contributed by atoms with Crippen LogP contribution < -0.4 is 10.6 Å². The van der Waals surface area contributed by atoms with Crippen molar-refractivity contribution in [3.63, 3.8) is 0 Å². The molecule has 23 heavy (non-hydrogen) atoms. The van der Waals surface area contributed by atoms with Gasteiger partial charge >= 0.3 is 0 Å². The predicted octanol–water partition coefficient (Wildman–Crippen LogP) is 3.85. The van der Waals surface area contributed by atoms with Gasteiger partial charge in [0, 0.05) is 6.04 Å². The second-order valence-electron chi connectivity index (χ2n) is 6.47. The monoisotopic (exact) mass is 328 g/mol. The third-order valence-corrected chi connectivity index (χ3v) is 4.86. The van der Waals surface area contributed by atoms with Crippen molar-refractivity contribution in [2.75, 3.05) is 5.32 Å². The van der Waals surface area contributed by atoms with E-state index in [9.17, 15) is 18.0 Å². The van der Waals surface area contributed by atoms with E-state index < -0.39 is 29.4 Å². The molecule has 0 aliphatic heterocycles. The van der Waals surface area contributed by atoms with Crippen LogP contribution >= 0.6 is 0 Å². The van der Waals surface area contributed by atoms with Crippen LogP contribution in [0.25, 0.3) is 0 Å². The summed E-state index contributed by atoms with van der Waals surface area (Å²) in [5.74, 6) is -3.69. The van der Waals surface area contributed by atoms with Gasteiger partial charge in [-0.25, -0.2) is 13.2 Å². The summed E-state index contributed by atoms with van der Waals surface area (Å²) in [4.78, 5) is 12.2. The fraction of sp³-hybridized carbons (Fsp3) is 0.588. The van der Waals surface area contributed by atoms with E-state index in [4.69, 9.17) is 0 Å². The number of benzene rings is 1. The smallest absolute Gasteiger partial charge is 0.241 e. The fourth-order valence-electron chi connectivity index (χ4n) is 3.08. The van der Waals surface area contributed by atoms with Crippen molar-refractivity contribution >= 4 is 11.6 Å². The third kappa shape index (κ3) is 4.05. The van der Waals surface area contributed by atoms with Crippen molar-refractivity contribution in [2.24, 2.45) is 11.8 Å². The number of halogens is 3. The lowest BCUT2D eigenvalue weighted by Crippen LogP contribution is -2.49. The lowest BCUT2D eigenvalue weighted by Gasteiger charge is -2.36. The standard InChI is InChI=1S/C17H23F3N2O/c1-9-5-4-6-13(10(9)2)21-11(3)17(23)22-14-8-7-12(18)15(19)16(14)20/h7-11,13,21H,4-6H2,1-3H3,(H,22,23)/t9-,10+,11-,13+/m0/s1. The Morgan fingerprint density at radius 1 is 1.17 bits per heavy atom. The molecule has 0 radical (unpaired) electrons. The van der Waals surface area contributed by atoms with E-state index in [0.717, 1.165) is 25.0 Å². The first-order chi connectivity index (χ1) is 10.8. The van der Waals surface area contributed by atoms with Crippen LogP contribution in [0.3, 0.4) is 0 Å². The number of hydrogen-bond donors (Lipinski definition) is 2. The van der Waals surface area contributed by atoms with Crippen LogP contribution in [-0.2, 0) is 4.79 Å².